The van der Waals surface area contributed by atoms with E-state index >= 15 is 0 Å². The zero-order valence-electron chi connectivity index (χ0n) is 6.08. The topological polar surface area (TPSA) is 12.9 Å². The molecule has 0 amide bonds. The van der Waals surface area contributed by atoms with E-state index in [9.17, 15) is 0 Å². The molecule has 0 saturated heterocycles. The van der Waals surface area contributed by atoms with E-state index in [1.165, 1.54) is 9.13 Å². The molecule has 0 aliphatic rings. The summed E-state index contributed by atoms with van der Waals surface area (Å²) in [6, 6.07) is 2.16. The van der Waals surface area contributed by atoms with Gasteiger partial charge in [-0.1, -0.05) is 21.6 Å². The third kappa shape index (κ3) is 3.66. The summed E-state index contributed by atoms with van der Waals surface area (Å²) < 4.78 is 1.21. The van der Waals surface area contributed by atoms with Gasteiger partial charge in [-0.15, -0.1) is 0 Å². The number of rotatable bonds is 3. The summed E-state index contributed by atoms with van der Waals surface area (Å²) >= 11 is 2.28. The number of halogens is 1. The number of hydrogen-bond acceptors (Lipinski definition) is 3. The number of aromatic nitrogens is 1. The second kappa shape index (κ2) is 5.27. The SMILES string of the molecule is CSSCc1cncc(I)c1. The van der Waals surface area contributed by atoms with Crippen LogP contribution in [-0.2, 0) is 5.75 Å². The Balaban J connectivity index is 2.56. The lowest BCUT2D eigenvalue weighted by molar-refractivity contribution is 1.24. The van der Waals surface area contributed by atoms with Crippen LogP contribution in [0.4, 0.5) is 0 Å². The maximum absolute atomic E-state index is 4.11. The van der Waals surface area contributed by atoms with Gasteiger partial charge in [-0.2, -0.15) is 0 Å². The Bertz CT molecular complexity index is 229. The molecule has 1 aromatic heterocycles. The molecule has 0 aliphatic heterocycles. The van der Waals surface area contributed by atoms with E-state index in [0.717, 1.165) is 5.75 Å². The summed E-state index contributed by atoms with van der Waals surface area (Å²) in [5.41, 5.74) is 1.30. The van der Waals surface area contributed by atoms with E-state index in [0.29, 0.717) is 0 Å². The molecule has 0 unspecified atom stereocenters. The quantitative estimate of drug-likeness (QED) is 0.628. The summed E-state index contributed by atoms with van der Waals surface area (Å²) in [6.07, 6.45) is 5.88. The predicted octanol–water partition coefficient (Wildman–Crippen LogP) is 3.20. The van der Waals surface area contributed by atoms with Gasteiger partial charge < -0.3 is 0 Å². The van der Waals surface area contributed by atoms with E-state index in [1.54, 1.807) is 10.8 Å². The fourth-order valence-electron chi connectivity index (χ4n) is 0.662. The average molecular weight is 297 g/mol. The van der Waals surface area contributed by atoms with Crippen molar-refractivity contribution in [1.82, 2.24) is 4.98 Å². The zero-order chi connectivity index (χ0) is 8.10. The van der Waals surface area contributed by atoms with Crippen molar-refractivity contribution < 1.29 is 0 Å². The van der Waals surface area contributed by atoms with Crippen molar-refractivity contribution in [3.05, 3.63) is 27.6 Å². The van der Waals surface area contributed by atoms with E-state index in [1.807, 2.05) is 23.2 Å². The lowest BCUT2D eigenvalue weighted by atomic mass is 10.3. The molecular weight excluding hydrogens is 289 g/mol. The Morgan fingerprint density at radius 2 is 2.36 bits per heavy atom. The first-order chi connectivity index (χ1) is 5.33. The molecular formula is C7H8INS2. The van der Waals surface area contributed by atoms with Crippen molar-refractivity contribution in [1.29, 1.82) is 0 Å². The van der Waals surface area contributed by atoms with Crippen LogP contribution in [0.2, 0.25) is 0 Å². The highest BCUT2D eigenvalue weighted by molar-refractivity contribution is 14.1. The zero-order valence-corrected chi connectivity index (χ0v) is 9.87. The Kier molecular flexibility index (Phi) is 4.63. The lowest BCUT2D eigenvalue weighted by Gasteiger charge is -1.97. The lowest BCUT2D eigenvalue weighted by Crippen LogP contribution is -1.82. The van der Waals surface area contributed by atoms with Crippen LogP contribution >= 0.6 is 44.2 Å². The molecule has 0 saturated carbocycles. The summed E-state index contributed by atoms with van der Waals surface area (Å²) in [5.74, 6) is 1.05. The number of pyridine rings is 1. The van der Waals surface area contributed by atoms with Gasteiger partial charge in [-0.25, -0.2) is 0 Å². The molecule has 0 aromatic carbocycles. The molecule has 0 bridgehead atoms. The highest BCUT2D eigenvalue weighted by Gasteiger charge is 1.93. The third-order valence-corrected chi connectivity index (χ3v) is 3.44. The van der Waals surface area contributed by atoms with Gasteiger partial charge in [-0.3, -0.25) is 4.98 Å². The van der Waals surface area contributed by atoms with Crippen LogP contribution in [0.1, 0.15) is 5.56 Å². The van der Waals surface area contributed by atoms with E-state index in [-0.39, 0.29) is 0 Å². The highest BCUT2D eigenvalue weighted by Crippen LogP contribution is 2.22. The van der Waals surface area contributed by atoms with Crippen LogP contribution in [0.25, 0.3) is 0 Å². The largest absolute Gasteiger partial charge is 0.263 e. The molecule has 0 radical (unpaired) electrons. The maximum atomic E-state index is 4.11. The monoisotopic (exact) mass is 297 g/mol. The maximum Gasteiger partial charge on any atom is 0.0401 e. The molecule has 1 rings (SSSR count). The molecule has 0 atom stereocenters. The minimum absolute atomic E-state index is 1.05. The first kappa shape index (κ1) is 9.67. The summed E-state index contributed by atoms with van der Waals surface area (Å²) in [4.78, 5) is 4.11. The van der Waals surface area contributed by atoms with Gasteiger partial charge >= 0.3 is 0 Å². The van der Waals surface area contributed by atoms with Crippen LogP contribution in [0, 0.1) is 3.57 Å². The Morgan fingerprint density at radius 1 is 1.55 bits per heavy atom. The van der Waals surface area contributed by atoms with E-state index in [4.69, 9.17) is 0 Å². The van der Waals surface area contributed by atoms with Crippen molar-refractivity contribution in [2.45, 2.75) is 5.75 Å². The average Bonchev–Trinajstić information content (AvgIpc) is 2.01. The molecule has 11 heavy (non-hydrogen) atoms. The van der Waals surface area contributed by atoms with Crippen LogP contribution in [0.3, 0.4) is 0 Å². The molecule has 0 spiro atoms. The number of hydrogen-bond donors (Lipinski definition) is 0. The first-order valence-electron chi connectivity index (χ1n) is 3.08. The molecule has 1 aromatic rings. The highest BCUT2D eigenvalue weighted by atomic mass is 127. The number of nitrogens with zero attached hydrogens (tertiary/aromatic N) is 1. The summed E-state index contributed by atoms with van der Waals surface area (Å²) in [5, 5.41) is 0. The fraction of sp³-hybridized carbons (Fsp3) is 0.286. The predicted molar refractivity (Wildman–Crippen MR) is 61.8 cm³/mol. The van der Waals surface area contributed by atoms with Gasteiger partial charge in [0.2, 0.25) is 0 Å². The third-order valence-electron chi connectivity index (χ3n) is 1.10. The molecule has 0 N–H and O–H groups in total. The van der Waals surface area contributed by atoms with Crippen LogP contribution in [-0.4, -0.2) is 11.2 Å². The van der Waals surface area contributed by atoms with Crippen LogP contribution in [0.15, 0.2) is 18.5 Å². The van der Waals surface area contributed by atoms with Crippen molar-refractivity contribution in [2.24, 2.45) is 0 Å². The van der Waals surface area contributed by atoms with Crippen molar-refractivity contribution >= 4 is 44.2 Å². The second-order valence-electron chi connectivity index (χ2n) is 1.94. The Morgan fingerprint density at radius 3 is 3.00 bits per heavy atom. The summed E-state index contributed by atoms with van der Waals surface area (Å²) in [6.45, 7) is 0. The van der Waals surface area contributed by atoms with Crippen molar-refractivity contribution in [3.63, 3.8) is 0 Å². The van der Waals surface area contributed by atoms with Gasteiger partial charge in [-0.05, 0) is 40.5 Å². The van der Waals surface area contributed by atoms with Gasteiger partial charge in [0.25, 0.3) is 0 Å². The smallest absolute Gasteiger partial charge is 0.0401 e. The molecule has 1 nitrogen and oxygen atoms in total. The molecule has 0 fully saturated rings. The van der Waals surface area contributed by atoms with Crippen LogP contribution < -0.4 is 0 Å². The van der Waals surface area contributed by atoms with Gasteiger partial charge in [0.05, 0.1) is 0 Å². The minimum Gasteiger partial charge on any atom is -0.263 e. The fourth-order valence-corrected chi connectivity index (χ4v) is 2.40. The first-order valence-corrected chi connectivity index (χ1v) is 6.88. The van der Waals surface area contributed by atoms with Gasteiger partial charge in [0.15, 0.2) is 0 Å². The molecule has 4 heteroatoms. The van der Waals surface area contributed by atoms with E-state index in [2.05, 4.69) is 39.9 Å². The Hall–Kier alpha value is 0.580. The normalized spacial score (nSPS) is 10.0. The summed E-state index contributed by atoms with van der Waals surface area (Å²) in [7, 11) is 3.63. The standard InChI is InChI=1S/C7H8INS2/c1-10-11-5-6-2-7(8)4-9-3-6/h2-4H,5H2,1H3. The molecule has 1 heterocycles. The van der Waals surface area contributed by atoms with Crippen molar-refractivity contribution in [2.75, 3.05) is 6.26 Å². The van der Waals surface area contributed by atoms with Gasteiger partial charge in [0, 0.05) is 21.7 Å². The molecule has 0 aliphatic carbocycles. The van der Waals surface area contributed by atoms with Crippen molar-refractivity contribution in [3.8, 4) is 0 Å². The van der Waals surface area contributed by atoms with Crippen LogP contribution in [0.5, 0.6) is 0 Å². The second-order valence-corrected chi connectivity index (χ2v) is 5.75. The van der Waals surface area contributed by atoms with Gasteiger partial charge in [0.1, 0.15) is 0 Å². The van der Waals surface area contributed by atoms with E-state index < -0.39 is 0 Å². The minimum atomic E-state index is 1.05. The Labute approximate surface area is 88.3 Å². The molecule has 60 valence electrons.